The van der Waals surface area contributed by atoms with Crippen molar-refractivity contribution in [3.63, 3.8) is 0 Å². The molecule has 2 rings (SSSR count). The van der Waals surface area contributed by atoms with Crippen LogP contribution in [0, 0.1) is 0 Å². The molecule has 0 saturated heterocycles. The summed E-state index contributed by atoms with van der Waals surface area (Å²) in [5.41, 5.74) is 0.462. The van der Waals surface area contributed by atoms with Gasteiger partial charge < -0.3 is 15.5 Å². The monoisotopic (exact) mass is 211 g/mol. The number of amides is 1. The van der Waals surface area contributed by atoms with Crippen LogP contribution in [-0.4, -0.2) is 26.4 Å². The van der Waals surface area contributed by atoms with E-state index in [2.05, 4.69) is 20.3 Å². The fraction of sp³-hybridized carbons (Fsp3) is 0.375. The Balaban J connectivity index is 2.33. The van der Waals surface area contributed by atoms with Crippen LogP contribution in [0.2, 0.25) is 0 Å². The Kier molecular flexibility index (Phi) is 2.25. The highest BCUT2D eigenvalue weighted by atomic mass is 16.6. The molecule has 1 aliphatic carbocycles. The Morgan fingerprint density at radius 2 is 2.13 bits per heavy atom. The SMILES string of the molecule is CC(=O)NC1=C[C@@H](O)c2nonc2[C@H]1O. The third-order valence-corrected chi connectivity index (χ3v) is 2.03. The lowest BCUT2D eigenvalue weighted by atomic mass is 10.00. The van der Waals surface area contributed by atoms with Crippen molar-refractivity contribution in [1.82, 2.24) is 15.6 Å². The van der Waals surface area contributed by atoms with Gasteiger partial charge in [-0.2, -0.15) is 0 Å². The molecule has 1 aliphatic rings. The van der Waals surface area contributed by atoms with Crippen molar-refractivity contribution in [3.8, 4) is 0 Å². The number of hydrogen-bond donors (Lipinski definition) is 3. The van der Waals surface area contributed by atoms with Crippen molar-refractivity contribution in [2.24, 2.45) is 0 Å². The number of carbonyl (C=O) groups excluding carboxylic acids is 1. The van der Waals surface area contributed by atoms with Crippen LogP contribution in [0.5, 0.6) is 0 Å². The molecule has 7 heteroatoms. The van der Waals surface area contributed by atoms with Gasteiger partial charge >= 0.3 is 0 Å². The first-order chi connectivity index (χ1) is 7.09. The summed E-state index contributed by atoms with van der Waals surface area (Å²) in [5, 5.41) is 28.6. The lowest BCUT2D eigenvalue weighted by Gasteiger charge is -2.20. The fourth-order valence-corrected chi connectivity index (χ4v) is 1.40. The van der Waals surface area contributed by atoms with Gasteiger partial charge in [0.1, 0.15) is 23.6 Å². The van der Waals surface area contributed by atoms with Crippen LogP contribution in [0.1, 0.15) is 30.5 Å². The predicted molar refractivity (Wildman–Crippen MR) is 46.1 cm³/mol. The number of carbonyl (C=O) groups is 1. The Morgan fingerprint density at radius 3 is 2.80 bits per heavy atom. The standard InChI is InChI=1S/C8H9N3O4/c1-3(12)9-4-2-5(13)6-7(8(4)14)11-15-10-6/h2,5,8,13-14H,1H3,(H,9,12)/t5-,8+/m1/s1. The number of aliphatic hydroxyl groups excluding tert-OH is 2. The summed E-state index contributed by atoms with van der Waals surface area (Å²) < 4.78 is 4.40. The van der Waals surface area contributed by atoms with Crippen LogP contribution >= 0.6 is 0 Å². The maximum Gasteiger partial charge on any atom is 0.221 e. The van der Waals surface area contributed by atoms with Crippen LogP contribution in [0.25, 0.3) is 0 Å². The molecule has 1 heterocycles. The molecule has 0 radical (unpaired) electrons. The molecule has 2 atom stereocenters. The van der Waals surface area contributed by atoms with Gasteiger partial charge in [-0.25, -0.2) is 4.63 Å². The van der Waals surface area contributed by atoms with Crippen molar-refractivity contribution in [2.75, 3.05) is 0 Å². The Bertz CT molecular complexity index is 425. The first-order valence-corrected chi connectivity index (χ1v) is 4.27. The van der Waals surface area contributed by atoms with E-state index in [1.54, 1.807) is 0 Å². The largest absolute Gasteiger partial charge is 0.382 e. The summed E-state index contributed by atoms with van der Waals surface area (Å²) in [7, 11) is 0. The number of nitrogens with one attached hydrogen (secondary N) is 1. The average molecular weight is 211 g/mol. The zero-order valence-electron chi connectivity index (χ0n) is 7.84. The van der Waals surface area contributed by atoms with E-state index in [9.17, 15) is 15.0 Å². The summed E-state index contributed by atoms with van der Waals surface area (Å²) in [6.07, 6.45) is -0.867. The molecule has 1 aromatic rings. The van der Waals surface area contributed by atoms with E-state index in [4.69, 9.17) is 0 Å². The minimum atomic E-state index is -1.13. The van der Waals surface area contributed by atoms with E-state index in [0.29, 0.717) is 0 Å². The summed E-state index contributed by atoms with van der Waals surface area (Å²) in [6, 6.07) is 0. The van der Waals surface area contributed by atoms with Crippen LogP contribution in [-0.2, 0) is 4.79 Å². The first kappa shape index (κ1) is 9.81. The smallest absolute Gasteiger partial charge is 0.221 e. The molecule has 1 aromatic heterocycles. The fourth-order valence-electron chi connectivity index (χ4n) is 1.40. The molecule has 0 fully saturated rings. The zero-order valence-corrected chi connectivity index (χ0v) is 7.84. The zero-order chi connectivity index (χ0) is 11.0. The summed E-state index contributed by atoms with van der Waals surface area (Å²) >= 11 is 0. The number of aromatic nitrogens is 2. The minimum Gasteiger partial charge on any atom is -0.382 e. The van der Waals surface area contributed by atoms with E-state index in [0.717, 1.165) is 0 Å². The quantitative estimate of drug-likeness (QED) is 0.559. The topological polar surface area (TPSA) is 108 Å². The van der Waals surface area contributed by atoms with E-state index in [1.807, 2.05) is 0 Å². The van der Waals surface area contributed by atoms with Gasteiger partial charge in [0.25, 0.3) is 0 Å². The molecule has 0 aromatic carbocycles. The number of nitrogens with zero attached hydrogens (tertiary/aromatic N) is 2. The molecule has 7 nitrogen and oxygen atoms in total. The van der Waals surface area contributed by atoms with Gasteiger partial charge in [-0.1, -0.05) is 10.3 Å². The molecule has 0 spiro atoms. The van der Waals surface area contributed by atoms with Crippen molar-refractivity contribution in [2.45, 2.75) is 19.1 Å². The van der Waals surface area contributed by atoms with Gasteiger partial charge in [-0.15, -0.1) is 0 Å². The Hall–Kier alpha value is -1.73. The molecular weight excluding hydrogens is 202 g/mol. The summed E-state index contributed by atoms with van der Waals surface area (Å²) in [6.45, 7) is 1.30. The lowest BCUT2D eigenvalue weighted by Crippen LogP contribution is -2.27. The van der Waals surface area contributed by atoms with Gasteiger partial charge in [0.15, 0.2) is 0 Å². The highest BCUT2D eigenvalue weighted by molar-refractivity contribution is 5.75. The van der Waals surface area contributed by atoms with Crippen molar-refractivity contribution in [1.29, 1.82) is 0 Å². The molecule has 0 bridgehead atoms. The van der Waals surface area contributed by atoms with Gasteiger partial charge in [-0.05, 0) is 6.08 Å². The van der Waals surface area contributed by atoms with E-state index in [-0.39, 0.29) is 23.0 Å². The van der Waals surface area contributed by atoms with Crippen LogP contribution < -0.4 is 5.32 Å². The van der Waals surface area contributed by atoms with Gasteiger partial charge in [0.2, 0.25) is 5.91 Å². The van der Waals surface area contributed by atoms with E-state index < -0.39 is 12.2 Å². The Morgan fingerprint density at radius 1 is 1.47 bits per heavy atom. The molecule has 1 amide bonds. The lowest BCUT2D eigenvalue weighted by molar-refractivity contribution is -0.118. The van der Waals surface area contributed by atoms with E-state index >= 15 is 0 Å². The van der Waals surface area contributed by atoms with E-state index in [1.165, 1.54) is 13.0 Å². The molecule has 3 N–H and O–H groups in total. The highest BCUT2D eigenvalue weighted by Gasteiger charge is 2.31. The minimum absolute atomic E-state index is 0.119. The number of hydrogen-bond acceptors (Lipinski definition) is 6. The number of fused-ring (bicyclic) bond motifs is 1. The normalized spacial score (nSPS) is 24.3. The number of rotatable bonds is 1. The van der Waals surface area contributed by atoms with Gasteiger partial charge in [0, 0.05) is 6.92 Å². The molecule has 15 heavy (non-hydrogen) atoms. The molecule has 0 unspecified atom stereocenters. The average Bonchev–Trinajstić information content (AvgIpc) is 2.61. The molecule has 80 valence electrons. The summed E-state index contributed by atoms with van der Waals surface area (Å²) in [4.78, 5) is 10.8. The van der Waals surface area contributed by atoms with Crippen LogP contribution in [0.4, 0.5) is 0 Å². The second-order valence-electron chi connectivity index (χ2n) is 3.19. The first-order valence-electron chi connectivity index (χ1n) is 4.27. The molecule has 0 aliphatic heterocycles. The maximum atomic E-state index is 10.8. The molecular formula is C8H9N3O4. The van der Waals surface area contributed by atoms with Gasteiger partial charge in [-0.3, -0.25) is 4.79 Å². The molecule has 0 saturated carbocycles. The summed E-state index contributed by atoms with van der Waals surface area (Å²) in [5.74, 6) is -0.340. The van der Waals surface area contributed by atoms with Crippen LogP contribution in [0.3, 0.4) is 0 Å². The van der Waals surface area contributed by atoms with Gasteiger partial charge in [0.05, 0.1) is 5.70 Å². The number of aliphatic hydroxyl groups is 2. The third kappa shape index (κ3) is 1.62. The third-order valence-electron chi connectivity index (χ3n) is 2.03. The predicted octanol–water partition coefficient (Wildman–Crippen LogP) is -0.830. The van der Waals surface area contributed by atoms with Crippen molar-refractivity contribution in [3.05, 3.63) is 23.2 Å². The van der Waals surface area contributed by atoms with Crippen LogP contribution in [0.15, 0.2) is 16.4 Å². The van der Waals surface area contributed by atoms with Crippen molar-refractivity contribution < 1.29 is 19.6 Å². The second kappa shape index (κ2) is 3.44. The maximum absolute atomic E-state index is 10.8. The Labute approximate surface area is 84.4 Å². The second-order valence-corrected chi connectivity index (χ2v) is 3.19. The highest BCUT2D eigenvalue weighted by Crippen LogP contribution is 2.31. The van der Waals surface area contributed by atoms with Crippen molar-refractivity contribution >= 4 is 5.91 Å².